The van der Waals surface area contributed by atoms with E-state index < -0.39 is 5.97 Å². The maximum atomic E-state index is 12.1. The average Bonchev–Trinajstić information content (AvgIpc) is 2.98. The molecule has 0 saturated heterocycles. The monoisotopic (exact) mass is 313 g/mol. The number of fused-ring (bicyclic) bond motifs is 1. The number of aromatic carboxylic acids is 1. The summed E-state index contributed by atoms with van der Waals surface area (Å²) in [7, 11) is 0. The second-order valence-corrected chi connectivity index (χ2v) is 5.58. The lowest BCUT2D eigenvalue weighted by Gasteiger charge is -2.09. The first-order valence-electron chi connectivity index (χ1n) is 7.75. The normalized spacial score (nSPS) is 10.8. The van der Waals surface area contributed by atoms with Crippen molar-refractivity contribution in [3.05, 3.63) is 90.6 Å². The lowest BCUT2D eigenvalue weighted by Crippen LogP contribution is -2.07. The Hall–Kier alpha value is -3.33. The largest absolute Gasteiger partial charge is 0.477 e. The van der Waals surface area contributed by atoms with Crippen molar-refractivity contribution in [1.29, 1.82) is 0 Å². The van der Waals surface area contributed by atoms with Crippen LogP contribution in [0.1, 0.15) is 10.5 Å². The molecule has 0 radical (unpaired) electrons. The summed E-state index contributed by atoms with van der Waals surface area (Å²) in [6, 6.07) is 27.1. The molecule has 0 atom stereocenters. The molecule has 1 N–H and O–H groups in total. The van der Waals surface area contributed by atoms with Crippen molar-refractivity contribution in [3.8, 4) is 16.8 Å². The third-order valence-corrected chi connectivity index (χ3v) is 4.15. The number of benzene rings is 3. The highest BCUT2D eigenvalue weighted by Gasteiger charge is 2.23. The summed E-state index contributed by atoms with van der Waals surface area (Å²) < 4.78 is 1.82. The molecule has 0 aliphatic carbocycles. The third kappa shape index (κ3) is 2.18. The Morgan fingerprint density at radius 3 is 2.00 bits per heavy atom. The van der Waals surface area contributed by atoms with Gasteiger partial charge in [-0.2, -0.15) is 0 Å². The molecule has 4 aromatic rings. The van der Waals surface area contributed by atoms with Crippen molar-refractivity contribution in [3.63, 3.8) is 0 Å². The summed E-state index contributed by atoms with van der Waals surface area (Å²) in [5, 5.41) is 10.9. The quantitative estimate of drug-likeness (QED) is 0.578. The molecule has 1 aromatic heterocycles. The molecular weight excluding hydrogens is 298 g/mol. The zero-order valence-corrected chi connectivity index (χ0v) is 12.9. The summed E-state index contributed by atoms with van der Waals surface area (Å²) in [6.45, 7) is 0. The van der Waals surface area contributed by atoms with Crippen LogP contribution in [0.3, 0.4) is 0 Å². The number of carbonyl (C=O) groups is 1. The van der Waals surface area contributed by atoms with Gasteiger partial charge in [-0.15, -0.1) is 0 Å². The fourth-order valence-corrected chi connectivity index (χ4v) is 3.18. The van der Waals surface area contributed by atoms with Crippen LogP contribution in [0.15, 0.2) is 84.9 Å². The van der Waals surface area contributed by atoms with Crippen molar-refractivity contribution in [1.82, 2.24) is 4.57 Å². The van der Waals surface area contributed by atoms with Gasteiger partial charge in [-0.05, 0) is 23.8 Å². The SMILES string of the molecule is O=C(O)c1c(-c2ccccc2)c2ccccc2n1-c1ccccc1. The summed E-state index contributed by atoms with van der Waals surface area (Å²) in [6.07, 6.45) is 0. The van der Waals surface area contributed by atoms with Gasteiger partial charge in [0, 0.05) is 16.6 Å². The molecule has 0 unspecified atom stereocenters. The van der Waals surface area contributed by atoms with E-state index in [0.29, 0.717) is 0 Å². The average molecular weight is 313 g/mol. The van der Waals surface area contributed by atoms with E-state index in [1.54, 1.807) is 0 Å². The topological polar surface area (TPSA) is 42.2 Å². The first-order valence-corrected chi connectivity index (χ1v) is 7.75. The fourth-order valence-electron chi connectivity index (χ4n) is 3.18. The van der Waals surface area contributed by atoms with E-state index in [1.807, 2.05) is 89.5 Å². The van der Waals surface area contributed by atoms with Crippen LogP contribution >= 0.6 is 0 Å². The molecule has 0 amide bonds. The summed E-state index contributed by atoms with van der Waals surface area (Å²) in [5.41, 5.74) is 3.67. The van der Waals surface area contributed by atoms with Crippen LogP contribution in [0.5, 0.6) is 0 Å². The minimum atomic E-state index is -0.936. The van der Waals surface area contributed by atoms with Gasteiger partial charge in [-0.3, -0.25) is 0 Å². The van der Waals surface area contributed by atoms with Crippen LogP contribution < -0.4 is 0 Å². The van der Waals surface area contributed by atoms with Crippen molar-refractivity contribution < 1.29 is 9.90 Å². The van der Waals surface area contributed by atoms with Gasteiger partial charge in [0.1, 0.15) is 5.69 Å². The molecule has 0 fully saturated rings. The maximum Gasteiger partial charge on any atom is 0.353 e. The zero-order valence-electron chi connectivity index (χ0n) is 12.9. The molecular formula is C21H15NO2. The van der Waals surface area contributed by atoms with Crippen molar-refractivity contribution in [2.24, 2.45) is 0 Å². The van der Waals surface area contributed by atoms with E-state index in [-0.39, 0.29) is 5.69 Å². The molecule has 0 aliphatic heterocycles. The zero-order chi connectivity index (χ0) is 16.5. The Morgan fingerprint density at radius 2 is 1.33 bits per heavy atom. The maximum absolute atomic E-state index is 12.1. The number of hydrogen-bond donors (Lipinski definition) is 1. The molecule has 116 valence electrons. The van der Waals surface area contributed by atoms with E-state index >= 15 is 0 Å². The van der Waals surface area contributed by atoms with Gasteiger partial charge in [0.25, 0.3) is 0 Å². The third-order valence-electron chi connectivity index (χ3n) is 4.15. The second kappa shape index (κ2) is 5.70. The number of carboxylic acids is 1. The molecule has 0 spiro atoms. The smallest absolute Gasteiger partial charge is 0.353 e. The highest BCUT2D eigenvalue weighted by molar-refractivity contribution is 6.09. The minimum absolute atomic E-state index is 0.286. The second-order valence-electron chi connectivity index (χ2n) is 5.58. The van der Waals surface area contributed by atoms with Gasteiger partial charge < -0.3 is 9.67 Å². The molecule has 3 aromatic carbocycles. The van der Waals surface area contributed by atoms with E-state index in [4.69, 9.17) is 0 Å². The highest BCUT2D eigenvalue weighted by atomic mass is 16.4. The molecule has 24 heavy (non-hydrogen) atoms. The molecule has 3 nitrogen and oxygen atoms in total. The number of nitrogens with zero attached hydrogens (tertiary/aromatic N) is 1. The van der Waals surface area contributed by atoms with E-state index in [1.165, 1.54) is 0 Å². The minimum Gasteiger partial charge on any atom is -0.477 e. The van der Waals surface area contributed by atoms with Crippen LogP contribution in [-0.2, 0) is 0 Å². The number of aromatic nitrogens is 1. The first-order chi connectivity index (χ1) is 11.8. The van der Waals surface area contributed by atoms with E-state index in [9.17, 15) is 9.90 Å². The summed E-state index contributed by atoms with van der Waals surface area (Å²) in [4.78, 5) is 12.1. The molecule has 3 heteroatoms. The van der Waals surface area contributed by atoms with Crippen molar-refractivity contribution >= 4 is 16.9 Å². The number of para-hydroxylation sites is 2. The fraction of sp³-hybridized carbons (Fsp3) is 0. The van der Waals surface area contributed by atoms with Crippen LogP contribution in [0, 0.1) is 0 Å². The Kier molecular flexibility index (Phi) is 3.39. The number of rotatable bonds is 3. The Labute approximate surface area is 139 Å². The van der Waals surface area contributed by atoms with Gasteiger partial charge in [-0.1, -0.05) is 66.7 Å². The Balaban J connectivity index is 2.17. The lowest BCUT2D eigenvalue weighted by atomic mass is 10.0. The van der Waals surface area contributed by atoms with Crippen LogP contribution in [0.2, 0.25) is 0 Å². The molecule has 4 rings (SSSR count). The van der Waals surface area contributed by atoms with Gasteiger partial charge in [-0.25, -0.2) is 4.79 Å². The van der Waals surface area contributed by atoms with Gasteiger partial charge in [0.05, 0.1) is 5.52 Å². The van der Waals surface area contributed by atoms with Crippen LogP contribution in [-0.4, -0.2) is 15.6 Å². The molecule has 1 heterocycles. The molecule has 0 aliphatic rings. The predicted octanol–water partition coefficient (Wildman–Crippen LogP) is 5.00. The first kappa shape index (κ1) is 14.3. The number of carboxylic acid groups (broad SMARTS) is 1. The van der Waals surface area contributed by atoms with E-state index in [0.717, 1.165) is 27.7 Å². The number of hydrogen-bond acceptors (Lipinski definition) is 1. The van der Waals surface area contributed by atoms with Crippen molar-refractivity contribution in [2.45, 2.75) is 0 Å². The van der Waals surface area contributed by atoms with Gasteiger partial charge in [0.15, 0.2) is 0 Å². The van der Waals surface area contributed by atoms with Gasteiger partial charge >= 0.3 is 5.97 Å². The summed E-state index contributed by atoms with van der Waals surface area (Å²) in [5.74, 6) is -0.936. The Morgan fingerprint density at radius 1 is 0.750 bits per heavy atom. The van der Waals surface area contributed by atoms with Crippen LogP contribution in [0.25, 0.3) is 27.7 Å². The molecule has 0 bridgehead atoms. The van der Waals surface area contributed by atoms with Crippen LogP contribution in [0.4, 0.5) is 0 Å². The molecule has 0 saturated carbocycles. The Bertz CT molecular complexity index is 941. The lowest BCUT2D eigenvalue weighted by molar-refractivity contribution is 0.0689. The van der Waals surface area contributed by atoms with Crippen molar-refractivity contribution in [2.75, 3.05) is 0 Å². The van der Waals surface area contributed by atoms with E-state index in [2.05, 4.69) is 0 Å². The summed E-state index contributed by atoms with van der Waals surface area (Å²) >= 11 is 0. The predicted molar refractivity (Wildman–Crippen MR) is 95.7 cm³/mol. The van der Waals surface area contributed by atoms with Gasteiger partial charge in [0.2, 0.25) is 0 Å². The highest BCUT2D eigenvalue weighted by Crippen LogP contribution is 2.36. The standard InChI is InChI=1S/C21H15NO2/c23-21(24)20-19(15-9-3-1-4-10-15)17-13-7-8-14-18(17)22(20)16-11-5-2-6-12-16/h1-14H,(H,23,24).